The largest absolute Gasteiger partial charge is 0.341 e. The van der Waals surface area contributed by atoms with Crippen LogP contribution in [-0.4, -0.2) is 22.8 Å². The lowest BCUT2D eigenvalue weighted by Crippen LogP contribution is -2.36. The Balaban J connectivity index is 1.58. The van der Waals surface area contributed by atoms with Crippen molar-refractivity contribution in [2.45, 2.75) is 25.3 Å². The molecule has 0 spiro atoms. The van der Waals surface area contributed by atoms with Gasteiger partial charge >= 0.3 is 0 Å². The van der Waals surface area contributed by atoms with Crippen LogP contribution in [0.4, 0.5) is 0 Å². The molecule has 25 heavy (non-hydrogen) atoms. The van der Waals surface area contributed by atoms with E-state index in [-0.39, 0.29) is 17.7 Å². The molecule has 3 nitrogen and oxygen atoms in total. The number of amides is 1. The molecule has 2 heterocycles. The highest BCUT2D eigenvalue weighted by atomic mass is 32.1. The normalized spacial score (nSPS) is 20.0. The zero-order valence-electron chi connectivity index (χ0n) is 14.1. The first-order chi connectivity index (χ1) is 12.2. The summed E-state index contributed by atoms with van der Waals surface area (Å²) in [6.07, 6.45) is 6.03. The lowest BCUT2D eigenvalue weighted by molar-refractivity contribution is -0.135. The first kappa shape index (κ1) is 16.5. The third-order valence-corrected chi connectivity index (χ3v) is 6.65. The van der Waals surface area contributed by atoms with E-state index in [1.165, 1.54) is 10.3 Å². The monoisotopic (exact) mass is 368 g/mol. The number of para-hydroxylation sites is 1. The molecule has 5 heteroatoms. The molecule has 1 aliphatic rings. The molecule has 3 aromatic rings. The number of fused-ring (bicyclic) bond motifs is 1. The summed E-state index contributed by atoms with van der Waals surface area (Å²) >= 11 is 3.40. The molecule has 1 aliphatic carbocycles. The van der Waals surface area contributed by atoms with Gasteiger partial charge in [-0.05, 0) is 47.4 Å². The predicted octanol–water partition coefficient (Wildman–Crippen LogP) is 5.07. The van der Waals surface area contributed by atoms with Crippen molar-refractivity contribution in [3.05, 3.63) is 63.8 Å². The topological polar surface area (TPSA) is 33.2 Å². The average molecular weight is 369 g/mol. The maximum atomic E-state index is 13.1. The SMILES string of the molecule is CN(Cc1ccsc1)C(=O)[C@@H]1CC=CC[C@H]1c1nc2ccccc2s1. The van der Waals surface area contributed by atoms with Crippen LogP contribution < -0.4 is 0 Å². The fourth-order valence-electron chi connectivity index (χ4n) is 3.43. The van der Waals surface area contributed by atoms with Crippen LogP contribution in [0.25, 0.3) is 10.2 Å². The second-order valence-corrected chi connectivity index (χ2v) is 8.34. The number of hydrogen-bond donors (Lipinski definition) is 0. The number of carbonyl (C=O) groups is 1. The molecular formula is C20H20N2OS2. The van der Waals surface area contributed by atoms with Crippen LogP contribution in [0.2, 0.25) is 0 Å². The number of nitrogens with zero attached hydrogens (tertiary/aromatic N) is 2. The van der Waals surface area contributed by atoms with Gasteiger partial charge in [-0.25, -0.2) is 4.98 Å². The van der Waals surface area contributed by atoms with Gasteiger partial charge in [0.1, 0.15) is 0 Å². The molecule has 0 unspecified atom stereocenters. The van der Waals surface area contributed by atoms with Crippen molar-refractivity contribution < 1.29 is 4.79 Å². The lowest BCUT2D eigenvalue weighted by Gasteiger charge is -2.30. The van der Waals surface area contributed by atoms with Gasteiger partial charge in [-0.15, -0.1) is 11.3 Å². The van der Waals surface area contributed by atoms with E-state index in [4.69, 9.17) is 4.98 Å². The van der Waals surface area contributed by atoms with Crippen LogP contribution in [0.5, 0.6) is 0 Å². The second kappa shape index (κ2) is 7.10. The summed E-state index contributed by atoms with van der Waals surface area (Å²) in [5.41, 5.74) is 2.23. The summed E-state index contributed by atoms with van der Waals surface area (Å²) in [6, 6.07) is 10.3. The number of allylic oxidation sites excluding steroid dienone is 2. The summed E-state index contributed by atoms with van der Waals surface area (Å²) in [5.74, 6) is 0.383. The minimum Gasteiger partial charge on any atom is -0.341 e. The van der Waals surface area contributed by atoms with Gasteiger partial charge in [-0.3, -0.25) is 4.79 Å². The van der Waals surface area contributed by atoms with Crippen molar-refractivity contribution in [2.75, 3.05) is 7.05 Å². The van der Waals surface area contributed by atoms with Crippen LogP contribution in [0.15, 0.2) is 53.2 Å². The molecule has 0 aliphatic heterocycles. The van der Waals surface area contributed by atoms with Crippen molar-refractivity contribution in [1.82, 2.24) is 9.88 Å². The van der Waals surface area contributed by atoms with Crippen LogP contribution in [0.1, 0.15) is 29.3 Å². The van der Waals surface area contributed by atoms with E-state index >= 15 is 0 Å². The zero-order valence-corrected chi connectivity index (χ0v) is 15.7. The van der Waals surface area contributed by atoms with Crippen molar-refractivity contribution in [2.24, 2.45) is 5.92 Å². The Morgan fingerprint density at radius 3 is 2.88 bits per heavy atom. The van der Waals surface area contributed by atoms with E-state index in [0.29, 0.717) is 6.54 Å². The van der Waals surface area contributed by atoms with Gasteiger partial charge < -0.3 is 4.90 Å². The minimum atomic E-state index is -0.0193. The van der Waals surface area contributed by atoms with E-state index < -0.39 is 0 Å². The number of rotatable bonds is 4. The van der Waals surface area contributed by atoms with Crippen molar-refractivity contribution in [3.63, 3.8) is 0 Å². The van der Waals surface area contributed by atoms with Gasteiger partial charge in [0.15, 0.2) is 0 Å². The number of thiophene rings is 1. The quantitative estimate of drug-likeness (QED) is 0.603. The minimum absolute atomic E-state index is 0.0193. The maximum Gasteiger partial charge on any atom is 0.226 e. The standard InChI is InChI=1S/C20H20N2OS2/c1-22(12-14-10-11-24-13-14)20(23)16-7-3-2-6-15(16)19-21-17-8-4-5-9-18(17)25-19/h2-5,8-11,13,15-16H,6-7,12H2,1H3/t15-,16-/m1/s1. The van der Waals surface area contributed by atoms with Crippen molar-refractivity contribution >= 4 is 38.8 Å². The van der Waals surface area contributed by atoms with Gasteiger partial charge in [0.25, 0.3) is 0 Å². The number of aromatic nitrogens is 1. The summed E-state index contributed by atoms with van der Waals surface area (Å²) in [5, 5.41) is 5.25. The van der Waals surface area contributed by atoms with Crippen molar-refractivity contribution in [1.29, 1.82) is 0 Å². The molecule has 0 bridgehead atoms. The van der Waals surface area contributed by atoms with Gasteiger partial charge in [0.2, 0.25) is 5.91 Å². The molecular weight excluding hydrogens is 348 g/mol. The Hall–Kier alpha value is -1.98. The molecule has 0 saturated carbocycles. The highest BCUT2D eigenvalue weighted by Gasteiger charge is 2.33. The number of hydrogen-bond acceptors (Lipinski definition) is 4. The molecule has 0 N–H and O–H groups in total. The molecule has 128 valence electrons. The van der Waals surface area contributed by atoms with E-state index in [2.05, 4.69) is 35.0 Å². The summed E-state index contributed by atoms with van der Waals surface area (Å²) < 4.78 is 1.20. The summed E-state index contributed by atoms with van der Waals surface area (Å²) in [4.78, 5) is 19.8. The van der Waals surface area contributed by atoms with E-state index in [0.717, 1.165) is 23.4 Å². The molecule has 2 atom stereocenters. The predicted molar refractivity (Wildman–Crippen MR) is 105 cm³/mol. The zero-order chi connectivity index (χ0) is 17.2. The average Bonchev–Trinajstić information content (AvgIpc) is 3.30. The smallest absolute Gasteiger partial charge is 0.226 e. The molecule has 0 fully saturated rings. The Morgan fingerprint density at radius 2 is 2.08 bits per heavy atom. The third kappa shape index (κ3) is 3.39. The molecule has 1 amide bonds. The van der Waals surface area contributed by atoms with Gasteiger partial charge in [0, 0.05) is 19.5 Å². The Morgan fingerprint density at radius 1 is 1.24 bits per heavy atom. The molecule has 0 radical (unpaired) electrons. The summed E-state index contributed by atoms with van der Waals surface area (Å²) in [6.45, 7) is 0.676. The maximum absolute atomic E-state index is 13.1. The van der Waals surface area contributed by atoms with Gasteiger partial charge in [0.05, 0.1) is 21.1 Å². The molecule has 0 saturated heterocycles. The van der Waals surface area contributed by atoms with E-state index in [1.54, 1.807) is 22.7 Å². The van der Waals surface area contributed by atoms with Crippen LogP contribution in [0.3, 0.4) is 0 Å². The third-order valence-electron chi connectivity index (χ3n) is 4.75. The molecule has 1 aromatic carbocycles. The molecule has 2 aromatic heterocycles. The second-order valence-electron chi connectivity index (χ2n) is 6.50. The first-order valence-corrected chi connectivity index (χ1v) is 10.2. The van der Waals surface area contributed by atoms with Crippen LogP contribution in [0, 0.1) is 5.92 Å². The van der Waals surface area contributed by atoms with Crippen molar-refractivity contribution in [3.8, 4) is 0 Å². The van der Waals surface area contributed by atoms with Crippen LogP contribution in [-0.2, 0) is 11.3 Å². The molecule has 4 rings (SSSR count). The Bertz CT molecular complexity index is 864. The van der Waals surface area contributed by atoms with E-state index in [1.807, 2.05) is 30.1 Å². The highest BCUT2D eigenvalue weighted by molar-refractivity contribution is 7.18. The lowest BCUT2D eigenvalue weighted by atomic mass is 9.82. The summed E-state index contributed by atoms with van der Waals surface area (Å²) in [7, 11) is 1.91. The number of carbonyl (C=O) groups excluding carboxylic acids is 1. The number of benzene rings is 1. The Kier molecular flexibility index (Phi) is 4.68. The fourth-order valence-corrected chi connectivity index (χ4v) is 5.23. The van der Waals surface area contributed by atoms with Gasteiger partial charge in [-0.1, -0.05) is 24.3 Å². The Labute approximate surface area is 155 Å². The number of thiazole rings is 1. The first-order valence-electron chi connectivity index (χ1n) is 8.49. The van der Waals surface area contributed by atoms with E-state index in [9.17, 15) is 4.79 Å². The van der Waals surface area contributed by atoms with Gasteiger partial charge in [-0.2, -0.15) is 11.3 Å². The van der Waals surface area contributed by atoms with Crippen LogP contribution >= 0.6 is 22.7 Å². The highest BCUT2D eigenvalue weighted by Crippen LogP contribution is 2.39. The fraction of sp³-hybridized carbons (Fsp3) is 0.300.